The molecule has 0 bridgehead atoms. The van der Waals surface area contributed by atoms with E-state index in [0.717, 1.165) is 25.0 Å². The van der Waals surface area contributed by atoms with Crippen molar-refractivity contribution in [3.8, 4) is 17.3 Å². The van der Waals surface area contributed by atoms with E-state index >= 15 is 0 Å². The van der Waals surface area contributed by atoms with Crippen LogP contribution in [0.1, 0.15) is 70.3 Å². The molecule has 2 aliphatic carbocycles. The molecule has 14 nitrogen and oxygen atoms in total. The molecule has 8 rings (SSSR count). The maximum absolute atomic E-state index is 14.4. The summed E-state index contributed by atoms with van der Waals surface area (Å²) in [6, 6.07) is 9.11. The number of carbonyl (C=O) groups is 4. The number of amides is 4. The number of nitrogens with zero attached hydrogens (tertiary/aromatic N) is 3. The number of halogens is 3. The first-order chi connectivity index (χ1) is 27.6. The fourth-order valence-corrected chi connectivity index (χ4v) is 9.20. The molecule has 0 spiro atoms. The number of para-hydroxylation sites is 1. The van der Waals surface area contributed by atoms with E-state index < -0.39 is 80.3 Å². The highest BCUT2D eigenvalue weighted by atomic mass is 32.2. The van der Waals surface area contributed by atoms with Gasteiger partial charge in [0.2, 0.25) is 33.3 Å². The fraction of sp³-hybridized carbons (Fsp3) is 0.450. The number of hydrogen-bond acceptors (Lipinski definition) is 10. The van der Waals surface area contributed by atoms with Crippen LogP contribution in [0.3, 0.4) is 0 Å². The van der Waals surface area contributed by atoms with Crippen LogP contribution in [-0.2, 0) is 35.4 Å². The van der Waals surface area contributed by atoms with Crippen LogP contribution in [0.2, 0.25) is 0 Å². The third-order valence-corrected chi connectivity index (χ3v) is 13.0. The van der Waals surface area contributed by atoms with Gasteiger partial charge >= 0.3 is 6.18 Å². The second kappa shape index (κ2) is 15.0. The third-order valence-electron chi connectivity index (χ3n) is 11.2. The van der Waals surface area contributed by atoms with Crippen LogP contribution in [0, 0.1) is 5.92 Å². The molecular formula is C40H41F3N6O8S. The van der Waals surface area contributed by atoms with E-state index in [1.807, 2.05) is 12.2 Å². The van der Waals surface area contributed by atoms with Gasteiger partial charge in [0, 0.05) is 30.2 Å². The van der Waals surface area contributed by atoms with E-state index in [1.165, 1.54) is 24.0 Å². The molecule has 2 saturated carbocycles. The zero-order valence-corrected chi connectivity index (χ0v) is 32.2. The quantitative estimate of drug-likeness (QED) is 0.216. The molecule has 1 saturated heterocycles. The summed E-state index contributed by atoms with van der Waals surface area (Å²) in [7, 11) is -3.95. The van der Waals surface area contributed by atoms with Gasteiger partial charge in [0.05, 0.1) is 17.4 Å². The van der Waals surface area contributed by atoms with E-state index in [4.69, 9.17) is 9.15 Å². The number of aromatic nitrogens is 2. The fourth-order valence-electron chi connectivity index (χ4n) is 7.83. The molecule has 4 aromatic rings. The van der Waals surface area contributed by atoms with Gasteiger partial charge in [-0.2, -0.15) is 18.2 Å². The maximum Gasteiger partial charge on any atom is 0.416 e. The van der Waals surface area contributed by atoms with Crippen molar-refractivity contribution in [3.63, 3.8) is 0 Å². The van der Waals surface area contributed by atoms with Crippen molar-refractivity contribution in [3.05, 3.63) is 66.2 Å². The van der Waals surface area contributed by atoms with Gasteiger partial charge in [-0.15, -0.1) is 0 Å². The highest BCUT2D eigenvalue weighted by Gasteiger charge is 2.62. The molecule has 3 N–H and O–H groups in total. The van der Waals surface area contributed by atoms with Crippen LogP contribution >= 0.6 is 0 Å². The Morgan fingerprint density at radius 2 is 1.78 bits per heavy atom. The molecule has 2 aromatic carbocycles. The first-order valence-electron chi connectivity index (χ1n) is 19.3. The lowest BCUT2D eigenvalue weighted by Gasteiger charge is -2.29. The minimum absolute atomic E-state index is 0.0390. The Kier molecular flexibility index (Phi) is 10.2. The van der Waals surface area contributed by atoms with Crippen LogP contribution in [0.5, 0.6) is 5.88 Å². The average molecular weight is 823 g/mol. The van der Waals surface area contributed by atoms with E-state index in [9.17, 15) is 40.8 Å². The second-order valence-electron chi connectivity index (χ2n) is 15.5. The summed E-state index contributed by atoms with van der Waals surface area (Å²) in [5.74, 6) is -3.08. The van der Waals surface area contributed by atoms with Crippen LogP contribution < -0.4 is 20.1 Å². The Bertz CT molecular complexity index is 2430. The summed E-state index contributed by atoms with van der Waals surface area (Å²) < 4.78 is 80.7. The molecule has 4 heterocycles. The summed E-state index contributed by atoms with van der Waals surface area (Å²) >= 11 is 0. The highest BCUT2D eigenvalue weighted by Crippen LogP contribution is 2.46. The van der Waals surface area contributed by atoms with Gasteiger partial charge in [-0.1, -0.05) is 49.3 Å². The first kappa shape index (κ1) is 39.3. The predicted octanol–water partition coefficient (Wildman–Crippen LogP) is 4.92. The summed E-state index contributed by atoms with van der Waals surface area (Å²) in [4.78, 5) is 65.3. The Balaban J connectivity index is 1.14. The molecule has 4 aliphatic rings. The third kappa shape index (κ3) is 7.85. The number of nitrogens with one attached hydrogen (secondary N) is 3. The molecule has 0 radical (unpaired) electrons. The molecule has 306 valence electrons. The van der Waals surface area contributed by atoms with Crippen molar-refractivity contribution in [2.45, 2.75) is 99.9 Å². The largest absolute Gasteiger partial charge is 0.470 e. The van der Waals surface area contributed by atoms with Crippen molar-refractivity contribution in [1.82, 2.24) is 30.2 Å². The minimum Gasteiger partial charge on any atom is -0.470 e. The van der Waals surface area contributed by atoms with Crippen LogP contribution in [0.15, 0.2) is 65.1 Å². The van der Waals surface area contributed by atoms with Gasteiger partial charge in [0.1, 0.15) is 34.8 Å². The summed E-state index contributed by atoms with van der Waals surface area (Å²) in [6.45, 7) is 1.13. The number of rotatable bonds is 7. The molecule has 2 aliphatic heterocycles. The number of ether oxygens (including phenoxy) is 1. The standard InChI is InChI=1S/C40H41F3N6O8S/c1-22(50)44-29-11-6-4-2-3-5-9-25-20-39(25,38(53)48-58(54,55)27-17-18-27)47-35(51)30-19-26(21-49(30)37(29)52)56-36-33-32(28-10-7-8-12-31(28)57-33)45-34(46-36)23-13-15-24(16-14-23)40(41,42)43/h5,7-10,12-16,25-27,29-30H,2-4,6,11,17-21H2,1H3,(H,44,50)(H,47,51)(H,48,53)/b9-5-/t25-,26-,29+,30+,39-/m1/s1. The van der Waals surface area contributed by atoms with Crippen LogP contribution in [0.25, 0.3) is 33.5 Å². The Morgan fingerprint density at radius 3 is 2.50 bits per heavy atom. The lowest BCUT2D eigenvalue weighted by molar-refractivity contribution is -0.142. The molecule has 2 aromatic heterocycles. The van der Waals surface area contributed by atoms with Crippen molar-refractivity contribution in [2.75, 3.05) is 6.54 Å². The minimum atomic E-state index is -4.56. The first-order valence-corrected chi connectivity index (χ1v) is 20.8. The number of hydrogen-bond donors (Lipinski definition) is 3. The molecule has 58 heavy (non-hydrogen) atoms. The number of sulfonamides is 1. The smallest absolute Gasteiger partial charge is 0.416 e. The zero-order chi connectivity index (χ0) is 41.0. The normalized spacial score (nSPS) is 26.2. The van der Waals surface area contributed by atoms with E-state index in [-0.39, 0.29) is 42.2 Å². The second-order valence-corrected chi connectivity index (χ2v) is 17.4. The van der Waals surface area contributed by atoms with Gasteiger partial charge in [-0.25, -0.2) is 13.4 Å². The van der Waals surface area contributed by atoms with Crippen LogP contribution in [-0.4, -0.2) is 82.4 Å². The number of furan rings is 1. The van der Waals surface area contributed by atoms with E-state index in [1.54, 1.807) is 24.3 Å². The number of alkyl halides is 3. The summed E-state index contributed by atoms with van der Waals surface area (Å²) in [6.07, 6.45) is 2.20. The van der Waals surface area contributed by atoms with Crippen molar-refractivity contribution in [2.24, 2.45) is 5.92 Å². The predicted molar refractivity (Wildman–Crippen MR) is 203 cm³/mol. The van der Waals surface area contributed by atoms with Gasteiger partial charge < -0.3 is 24.7 Å². The number of allylic oxidation sites excluding steroid dienone is 1. The van der Waals surface area contributed by atoms with Gasteiger partial charge in [0.15, 0.2) is 5.82 Å². The van der Waals surface area contributed by atoms with E-state index in [2.05, 4.69) is 25.3 Å². The highest BCUT2D eigenvalue weighted by molar-refractivity contribution is 7.91. The molecule has 18 heteroatoms. The van der Waals surface area contributed by atoms with E-state index in [0.29, 0.717) is 48.6 Å². The van der Waals surface area contributed by atoms with Gasteiger partial charge in [-0.3, -0.25) is 23.9 Å². The van der Waals surface area contributed by atoms with Gasteiger partial charge in [0.25, 0.3) is 11.8 Å². The molecular weight excluding hydrogens is 782 g/mol. The van der Waals surface area contributed by atoms with Crippen LogP contribution in [0.4, 0.5) is 13.2 Å². The summed E-state index contributed by atoms with van der Waals surface area (Å²) in [5, 5.41) is 5.45. The van der Waals surface area contributed by atoms with Crippen molar-refractivity contribution in [1.29, 1.82) is 0 Å². The Hall–Kier alpha value is -5.52. The molecule has 4 amide bonds. The van der Waals surface area contributed by atoms with Crippen molar-refractivity contribution >= 4 is 55.7 Å². The summed E-state index contributed by atoms with van der Waals surface area (Å²) in [5.41, 5.74) is -1.28. The van der Waals surface area contributed by atoms with Crippen molar-refractivity contribution < 1.29 is 49.9 Å². The average Bonchev–Trinajstić information content (AvgIpc) is 4.08. The SMILES string of the molecule is CC(=O)N[C@H]1CCCCC/C=C\[C@@H]2C[C@@]2(C(=O)NS(=O)(=O)C2CC2)NC(=O)[C@@H]2C[C@@H](Oc3nc(-c4ccc(C(F)(F)F)cc4)nc4c3oc3ccccc34)CN2C1=O. The number of carbonyl (C=O) groups excluding carboxylic acids is 4. The number of benzene rings is 2. The monoisotopic (exact) mass is 822 g/mol. The molecule has 5 atom stereocenters. The lowest BCUT2D eigenvalue weighted by atomic mass is 10.0. The maximum atomic E-state index is 14.4. The van der Waals surface area contributed by atoms with Gasteiger partial charge in [-0.05, 0) is 62.8 Å². The topological polar surface area (TPSA) is 190 Å². The Morgan fingerprint density at radius 1 is 1.02 bits per heavy atom. The molecule has 3 fully saturated rings. The zero-order valence-electron chi connectivity index (χ0n) is 31.4. The molecule has 0 unspecified atom stereocenters. The number of fused-ring (bicyclic) bond motifs is 5. The Labute approximate surface area is 331 Å². The lowest BCUT2D eigenvalue weighted by Crippen LogP contribution is -2.58.